The van der Waals surface area contributed by atoms with Gasteiger partial charge in [0.05, 0.1) is 0 Å². The Balaban J connectivity index is 4.43. The molecule has 0 N–H and O–H groups in total. The fourth-order valence-corrected chi connectivity index (χ4v) is 9.23. The molecule has 0 heterocycles. The summed E-state index contributed by atoms with van der Waals surface area (Å²) < 4.78 is 16.9. The molecule has 0 aromatic carbocycles. The number of esters is 3. The summed E-state index contributed by atoms with van der Waals surface area (Å²) in [5, 5.41) is 0. The van der Waals surface area contributed by atoms with Crippen LogP contribution in [0.25, 0.3) is 0 Å². The van der Waals surface area contributed by atoms with Crippen LogP contribution in [0.1, 0.15) is 323 Å². The minimum Gasteiger partial charge on any atom is -0.462 e. The fraction of sp³-hybridized carbons (Fsp3) is 0.757. The average molecular weight is 1060 g/mol. The molecule has 0 aliphatic heterocycles. The van der Waals surface area contributed by atoms with Gasteiger partial charge in [0.1, 0.15) is 13.2 Å². The summed E-state index contributed by atoms with van der Waals surface area (Å²) in [6.45, 7) is 6.53. The Morgan fingerprint density at radius 3 is 0.829 bits per heavy atom. The van der Waals surface area contributed by atoms with Crippen LogP contribution >= 0.6 is 0 Å². The quantitative estimate of drug-likeness (QED) is 0.0261. The molecule has 0 saturated carbocycles. The van der Waals surface area contributed by atoms with Gasteiger partial charge in [-0.2, -0.15) is 0 Å². The second-order valence-electron chi connectivity index (χ2n) is 21.6. The van der Waals surface area contributed by atoms with E-state index in [4.69, 9.17) is 14.2 Å². The highest BCUT2D eigenvalue weighted by molar-refractivity contribution is 5.71. The Bertz CT molecular complexity index is 1450. The van der Waals surface area contributed by atoms with Crippen LogP contribution in [0.3, 0.4) is 0 Å². The van der Waals surface area contributed by atoms with Gasteiger partial charge < -0.3 is 14.2 Å². The first-order valence-electron chi connectivity index (χ1n) is 32.6. The van der Waals surface area contributed by atoms with E-state index in [2.05, 4.69) is 106 Å². The molecule has 1 atom stereocenters. The first kappa shape index (κ1) is 72.6. The van der Waals surface area contributed by atoms with E-state index in [1.54, 1.807) is 0 Å². The van der Waals surface area contributed by atoms with Crippen molar-refractivity contribution in [2.45, 2.75) is 329 Å². The zero-order chi connectivity index (χ0) is 55.0. The molecule has 0 rings (SSSR count). The zero-order valence-electron chi connectivity index (χ0n) is 50.3. The molecule has 0 spiro atoms. The van der Waals surface area contributed by atoms with Crippen LogP contribution in [0.5, 0.6) is 0 Å². The first-order valence-corrected chi connectivity index (χ1v) is 32.6. The summed E-state index contributed by atoms with van der Waals surface area (Å²) in [5.41, 5.74) is 0. The van der Waals surface area contributed by atoms with Gasteiger partial charge in [0.15, 0.2) is 6.10 Å². The minimum atomic E-state index is -0.799. The fourth-order valence-electron chi connectivity index (χ4n) is 9.23. The number of hydrogen-bond acceptors (Lipinski definition) is 6. The molecule has 0 amide bonds. The Labute approximate surface area is 471 Å². The Morgan fingerprint density at radius 2 is 0.513 bits per heavy atom. The largest absolute Gasteiger partial charge is 0.462 e. The number of ether oxygens (including phenoxy) is 3. The molecule has 438 valence electrons. The van der Waals surface area contributed by atoms with E-state index in [0.29, 0.717) is 12.8 Å². The van der Waals surface area contributed by atoms with E-state index in [-0.39, 0.29) is 37.5 Å². The predicted octanol–water partition coefficient (Wildman–Crippen LogP) is 22.3. The van der Waals surface area contributed by atoms with Gasteiger partial charge in [-0.05, 0) is 116 Å². The third kappa shape index (κ3) is 61.4. The molecule has 0 aromatic rings. The van der Waals surface area contributed by atoms with Crippen molar-refractivity contribution >= 4 is 17.9 Å². The van der Waals surface area contributed by atoms with Crippen molar-refractivity contribution in [2.75, 3.05) is 13.2 Å². The maximum absolute atomic E-state index is 12.9. The molecule has 6 heteroatoms. The van der Waals surface area contributed by atoms with Crippen LogP contribution in [-0.2, 0) is 28.6 Å². The van der Waals surface area contributed by atoms with Gasteiger partial charge in [-0.3, -0.25) is 14.4 Å². The average Bonchev–Trinajstić information content (AvgIpc) is 3.42. The number of allylic oxidation sites excluding steroid dienone is 14. The maximum Gasteiger partial charge on any atom is 0.306 e. The highest BCUT2D eigenvalue weighted by atomic mass is 16.6. The summed E-state index contributed by atoms with van der Waals surface area (Å²) >= 11 is 0. The predicted molar refractivity (Wildman–Crippen MR) is 330 cm³/mol. The van der Waals surface area contributed by atoms with Crippen molar-refractivity contribution in [3.05, 3.63) is 85.1 Å². The Hall–Kier alpha value is -3.41. The van der Waals surface area contributed by atoms with E-state index < -0.39 is 6.10 Å². The van der Waals surface area contributed by atoms with Gasteiger partial charge in [0.2, 0.25) is 0 Å². The molecule has 0 radical (unpaired) electrons. The number of carbonyl (C=O) groups is 3. The van der Waals surface area contributed by atoms with E-state index >= 15 is 0 Å². The van der Waals surface area contributed by atoms with Crippen molar-refractivity contribution in [3.8, 4) is 0 Å². The second-order valence-corrected chi connectivity index (χ2v) is 21.6. The van der Waals surface area contributed by atoms with E-state index in [1.807, 2.05) is 0 Å². The standard InChI is InChI=1S/C70H122O6/c1-4-7-10-13-16-19-22-25-28-31-34-35-37-39-42-45-48-51-54-57-60-63-69(72)75-66-67(65-74-68(71)62-59-56-53-50-47-44-41-38-33-30-27-24-21-18-15-12-9-6-3)76-70(73)64-61-58-55-52-49-46-43-40-36-32-29-26-23-20-17-14-11-8-5-2/h8,11,17,20,26,29-31,33-34,36,40,46,49,67H,4-7,9-10,12-16,18-19,21-25,27-28,32,35,37-39,41-45,47-48,50-66H2,1-3H3/b11-8-,20-17-,29-26-,33-30-,34-31-,40-36-,49-46-. The molecule has 0 aliphatic rings. The van der Waals surface area contributed by atoms with Crippen molar-refractivity contribution in [1.82, 2.24) is 0 Å². The molecule has 6 nitrogen and oxygen atoms in total. The second kappa shape index (κ2) is 64.1. The third-order valence-electron chi connectivity index (χ3n) is 14.1. The van der Waals surface area contributed by atoms with Crippen LogP contribution in [0.15, 0.2) is 85.1 Å². The lowest BCUT2D eigenvalue weighted by molar-refractivity contribution is -0.167. The van der Waals surface area contributed by atoms with E-state index in [0.717, 1.165) is 96.3 Å². The van der Waals surface area contributed by atoms with Gasteiger partial charge in [-0.1, -0.05) is 273 Å². The minimum absolute atomic E-state index is 0.0913. The highest BCUT2D eigenvalue weighted by Gasteiger charge is 2.19. The number of carbonyl (C=O) groups excluding carboxylic acids is 3. The number of rotatable bonds is 59. The van der Waals surface area contributed by atoms with Crippen LogP contribution in [0.2, 0.25) is 0 Å². The highest BCUT2D eigenvalue weighted by Crippen LogP contribution is 2.16. The number of unbranched alkanes of at least 4 members (excludes halogenated alkanes) is 34. The van der Waals surface area contributed by atoms with Crippen molar-refractivity contribution in [3.63, 3.8) is 0 Å². The van der Waals surface area contributed by atoms with Crippen molar-refractivity contribution in [1.29, 1.82) is 0 Å². The molecular formula is C70H122O6. The molecule has 1 unspecified atom stereocenters. The van der Waals surface area contributed by atoms with Gasteiger partial charge in [-0.25, -0.2) is 0 Å². The van der Waals surface area contributed by atoms with Crippen LogP contribution < -0.4 is 0 Å². The Kier molecular flexibility index (Phi) is 61.2. The van der Waals surface area contributed by atoms with E-state index in [1.165, 1.54) is 186 Å². The van der Waals surface area contributed by atoms with Crippen LogP contribution in [-0.4, -0.2) is 37.2 Å². The summed E-state index contributed by atoms with van der Waals surface area (Å²) in [5.74, 6) is -0.917. The lowest BCUT2D eigenvalue weighted by Gasteiger charge is -2.18. The maximum atomic E-state index is 12.9. The molecular weight excluding hydrogens is 937 g/mol. The first-order chi connectivity index (χ1) is 37.5. The molecule has 0 fully saturated rings. The van der Waals surface area contributed by atoms with Gasteiger partial charge in [-0.15, -0.1) is 0 Å². The summed E-state index contributed by atoms with van der Waals surface area (Å²) in [4.78, 5) is 38.4. The molecule has 76 heavy (non-hydrogen) atoms. The Morgan fingerprint density at radius 1 is 0.276 bits per heavy atom. The lowest BCUT2D eigenvalue weighted by atomic mass is 10.1. The van der Waals surface area contributed by atoms with E-state index in [9.17, 15) is 14.4 Å². The molecule has 0 bridgehead atoms. The lowest BCUT2D eigenvalue weighted by Crippen LogP contribution is -2.30. The summed E-state index contributed by atoms with van der Waals surface area (Å²) in [6, 6.07) is 0. The summed E-state index contributed by atoms with van der Waals surface area (Å²) in [6.07, 6.45) is 84.4. The topological polar surface area (TPSA) is 78.9 Å². The van der Waals surface area contributed by atoms with Crippen molar-refractivity contribution < 1.29 is 28.6 Å². The third-order valence-corrected chi connectivity index (χ3v) is 14.1. The normalized spacial score (nSPS) is 12.6. The summed E-state index contributed by atoms with van der Waals surface area (Å²) in [7, 11) is 0. The molecule has 0 aromatic heterocycles. The monoisotopic (exact) mass is 1060 g/mol. The molecule has 0 aliphatic carbocycles. The zero-order valence-corrected chi connectivity index (χ0v) is 50.3. The van der Waals surface area contributed by atoms with Crippen LogP contribution in [0, 0.1) is 0 Å². The van der Waals surface area contributed by atoms with Crippen LogP contribution in [0.4, 0.5) is 0 Å². The van der Waals surface area contributed by atoms with Gasteiger partial charge >= 0.3 is 17.9 Å². The smallest absolute Gasteiger partial charge is 0.306 e. The van der Waals surface area contributed by atoms with Gasteiger partial charge in [0, 0.05) is 19.3 Å². The van der Waals surface area contributed by atoms with Gasteiger partial charge in [0.25, 0.3) is 0 Å². The number of hydrogen-bond donors (Lipinski definition) is 0. The van der Waals surface area contributed by atoms with Crippen molar-refractivity contribution in [2.24, 2.45) is 0 Å². The molecule has 0 saturated heterocycles. The SMILES string of the molecule is CC/C=C\C/C=C\C/C=C\C/C=C\C/C=C\CCCCCC(=O)OC(COC(=O)CCCCCCCCC/C=C\CCCCCCCCC)COC(=O)CCCCCCCCCCC/C=C\CCCCCCCCCC.